The quantitative estimate of drug-likeness (QED) is 0.158. The highest BCUT2D eigenvalue weighted by atomic mass is 15.2. The van der Waals surface area contributed by atoms with E-state index in [1.807, 2.05) is 97.1 Å². The molecule has 14 rings (SSSR count). The maximum Gasteiger partial charge on any atom is 0.0991 e. The van der Waals surface area contributed by atoms with Crippen molar-refractivity contribution in [3.05, 3.63) is 275 Å². The predicted molar refractivity (Wildman–Crippen MR) is 315 cm³/mol. The molecular weight excluding hydrogens is 949 g/mol. The number of hydrogen-bond acceptors (Lipinski definition) is 6. The van der Waals surface area contributed by atoms with Crippen molar-refractivity contribution in [2.24, 2.45) is 0 Å². The molecule has 78 heavy (non-hydrogen) atoms. The number of nitrogens with zero attached hydrogens (tertiary/aromatic N) is 6. The highest BCUT2D eigenvalue weighted by Crippen LogP contribution is 2.69. The summed E-state index contributed by atoms with van der Waals surface area (Å²) in [4.78, 5) is 4.55. The van der Waals surface area contributed by atoms with Gasteiger partial charge in [-0.3, -0.25) is 0 Å². The summed E-state index contributed by atoms with van der Waals surface area (Å²) >= 11 is 0. The zero-order valence-electron chi connectivity index (χ0n) is 42.6. The third-order valence-corrected chi connectivity index (χ3v) is 17.1. The van der Waals surface area contributed by atoms with Crippen LogP contribution in [0.5, 0.6) is 0 Å². The largest absolute Gasteiger partial charge is 0.310 e. The van der Waals surface area contributed by atoms with Crippen LogP contribution in [0.15, 0.2) is 231 Å². The van der Waals surface area contributed by atoms with Crippen molar-refractivity contribution in [1.29, 1.82) is 21.0 Å². The minimum Gasteiger partial charge on any atom is -0.310 e. The molecule has 362 valence electrons. The van der Waals surface area contributed by atoms with E-state index in [0.29, 0.717) is 22.3 Å². The van der Waals surface area contributed by atoms with Gasteiger partial charge in [-0.25, -0.2) is 0 Å². The predicted octanol–water partition coefficient (Wildman–Crippen LogP) is 18.0. The van der Waals surface area contributed by atoms with Crippen molar-refractivity contribution >= 4 is 77.2 Å². The van der Waals surface area contributed by atoms with E-state index in [1.165, 1.54) is 55.3 Å². The van der Waals surface area contributed by atoms with Crippen LogP contribution in [0.1, 0.15) is 58.4 Å². The molecule has 0 heterocycles. The van der Waals surface area contributed by atoms with Gasteiger partial charge in [0.1, 0.15) is 0 Å². The van der Waals surface area contributed by atoms with E-state index in [4.69, 9.17) is 0 Å². The summed E-state index contributed by atoms with van der Waals surface area (Å²) in [5.41, 5.74) is 15.8. The number of hydrogen-bond donors (Lipinski definition) is 0. The topological polar surface area (TPSA) is 102 Å². The molecule has 0 radical (unpaired) electrons. The fourth-order valence-electron chi connectivity index (χ4n) is 13.3. The van der Waals surface area contributed by atoms with Gasteiger partial charge in [0.15, 0.2) is 0 Å². The molecule has 12 aromatic carbocycles. The normalized spacial score (nSPS) is 15.6. The molecule has 0 spiro atoms. The molecule has 0 N–H and O–H groups in total. The van der Waals surface area contributed by atoms with E-state index in [0.717, 1.165) is 66.4 Å². The molecule has 0 amide bonds. The molecule has 2 aliphatic rings. The van der Waals surface area contributed by atoms with Crippen LogP contribution in [0.25, 0.3) is 65.3 Å². The second-order valence-electron chi connectivity index (χ2n) is 20.7. The Bertz CT molecular complexity index is 4270. The van der Waals surface area contributed by atoms with Gasteiger partial charge in [0.25, 0.3) is 0 Å². The maximum atomic E-state index is 9.99. The molecule has 2 unspecified atom stereocenters. The number of fused-ring (bicyclic) bond motifs is 14. The van der Waals surface area contributed by atoms with Crippen LogP contribution >= 0.6 is 0 Å². The smallest absolute Gasteiger partial charge is 0.0991 e. The summed E-state index contributed by atoms with van der Waals surface area (Å²) in [6, 6.07) is 89.6. The van der Waals surface area contributed by atoms with Crippen molar-refractivity contribution in [2.75, 3.05) is 9.80 Å². The molecule has 0 aliphatic heterocycles. The summed E-state index contributed by atoms with van der Waals surface area (Å²) in [5, 5.41) is 49.0. The summed E-state index contributed by atoms with van der Waals surface area (Å²) in [5.74, 6) is 0. The van der Waals surface area contributed by atoms with Gasteiger partial charge >= 0.3 is 0 Å². The van der Waals surface area contributed by atoms with Crippen LogP contribution in [0.2, 0.25) is 0 Å². The lowest BCUT2D eigenvalue weighted by Crippen LogP contribution is -2.44. The van der Waals surface area contributed by atoms with Crippen molar-refractivity contribution in [2.45, 2.75) is 24.7 Å². The number of anilines is 6. The Labute approximate surface area is 452 Å². The Hall–Kier alpha value is -10.8. The molecule has 0 aromatic heterocycles. The van der Waals surface area contributed by atoms with Crippen LogP contribution in [0, 0.1) is 45.3 Å². The number of rotatable bonds is 7. The first-order chi connectivity index (χ1) is 38.3. The van der Waals surface area contributed by atoms with E-state index >= 15 is 0 Å². The van der Waals surface area contributed by atoms with E-state index < -0.39 is 10.8 Å². The van der Waals surface area contributed by atoms with Gasteiger partial charge in [-0.15, -0.1) is 0 Å². The van der Waals surface area contributed by atoms with Gasteiger partial charge in [-0.2, -0.15) is 21.0 Å². The van der Waals surface area contributed by atoms with Crippen molar-refractivity contribution in [3.8, 4) is 46.5 Å². The standard InChI is InChI=1S/C72H44N6/c1-71(61-37-27-49-11-3-5-13-55(49)67(61)69-59-17-9-7-15-57(59)65(39-63(69)71)77(51-29-19-45(41-73)20-30-51)52-31-21-46(42-74)22-32-52)72(2)62-38-28-50-12-4-6-14-56(50)68(62)70-60-18-10-8-16-58(60)66(40-64(70)72)78(53-33-23-47(43-75)24-34-53)54-35-25-48(44-76)26-36-54/h3-40H,1-2H3. The molecule has 12 aromatic rings. The second kappa shape index (κ2) is 17.4. The van der Waals surface area contributed by atoms with Gasteiger partial charge < -0.3 is 9.80 Å². The Morgan fingerprint density at radius 1 is 0.282 bits per heavy atom. The average molecular weight is 993 g/mol. The average Bonchev–Trinajstić information content (AvgIpc) is 4.17. The molecule has 6 nitrogen and oxygen atoms in total. The molecule has 0 saturated heterocycles. The first-order valence-corrected chi connectivity index (χ1v) is 26.1. The van der Waals surface area contributed by atoms with Crippen LogP contribution in [-0.4, -0.2) is 0 Å². The molecule has 0 bridgehead atoms. The molecule has 6 heteroatoms. The highest BCUT2D eigenvalue weighted by molar-refractivity contribution is 6.18. The fraction of sp³-hybridized carbons (Fsp3) is 0.0556. The lowest BCUT2D eigenvalue weighted by Gasteiger charge is -2.46. The van der Waals surface area contributed by atoms with Crippen LogP contribution < -0.4 is 9.80 Å². The van der Waals surface area contributed by atoms with Gasteiger partial charge in [0.05, 0.1) is 57.9 Å². The summed E-state index contributed by atoms with van der Waals surface area (Å²) < 4.78 is 0. The van der Waals surface area contributed by atoms with Crippen molar-refractivity contribution < 1.29 is 0 Å². The first kappa shape index (κ1) is 45.8. The van der Waals surface area contributed by atoms with Crippen LogP contribution in [0.4, 0.5) is 34.1 Å². The Morgan fingerprint density at radius 2 is 0.551 bits per heavy atom. The Kier molecular flexibility index (Phi) is 10.2. The van der Waals surface area contributed by atoms with Gasteiger partial charge in [0, 0.05) is 44.4 Å². The zero-order valence-corrected chi connectivity index (χ0v) is 42.6. The van der Waals surface area contributed by atoms with Gasteiger partial charge in [-0.05, 0) is 186 Å². The molecular formula is C72H44N6. The minimum absolute atomic E-state index is 0.565. The van der Waals surface area contributed by atoms with E-state index in [9.17, 15) is 21.0 Å². The highest BCUT2D eigenvalue weighted by Gasteiger charge is 2.59. The summed E-state index contributed by atoms with van der Waals surface area (Å²) in [6.45, 7) is 4.95. The number of nitriles is 4. The summed E-state index contributed by atoms with van der Waals surface area (Å²) in [6.07, 6.45) is 0. The van der Waals surface area contributed by atoms with E-state index in [-0.39, 0.29) is 0 Å². The lowest BCUT2D eigenvalue weighted by molar-refractivity contribution is 0.376. The maximum absolute atomic E-state index is 9.99. The summed E-state index contributed by atoms with van der Waals surface area (Å²) in [7, 11) is 0. The lowest BCUT2D eigenvalue weighted by atomic mass is 9.56. The molecule has 2 aliphatic carbocycles. The van der Waals surface area contributed by atoms with E-state index in [2.05, 4.69) is 181 Å². The monoisotopic (exact) mass is 992 g/mol. The van der Waals surface area contributed by atoms with Crippen LogP contribution in [0.3, 0.4) is 0 Å². The Morgan fingerprint density at radius 3 is 0.859 bits per heavy atom. The van der Waals surface area contributed by atoms with Crippen LogP contribution in [-0.2, 0) is 10.8 Å². The van der Waals surface area contributed by atoms with Gasteiger partial charge in [-0.1, -0.05) is 135 Å². The zero-order chi connectivity index (χ0) is 52.9. The molecule has 0 saturated carbocycles. The first-order valence-electron chi connectivity index (χ1n) is 26.1. The SMILES string of the molecule is CC1(C2(C)c3ccc4ccccc4c3-c3c2cc(N(c2ccc(C#N)cc2)c2ccc(C#N)cc2)c2ccccc32)c2ccc3ccccc3c2-c2c1cc(N(c1ccc(C#N)cc1)c1ccc(C#N)cc1)c1ccccc21. The number of benzene rings is 12. The third-order valence-electron chi connectivity index (χ3n) is 17.1. The van der Waals surface area contributed by atoms with Crippen molar-refractivity contribution in [3.63, 3.8) is 0 Å². The molecule has 0 fully saturated rings. The fourth-order valence-corrected chi connectivity index (χ4v) is 13.3. The Balaban J connectivity index is 1.14. The second-order valence-corrected chi connectivity index (χ2v) is 20.7. The third kappa shape index (κ3) is 6.45. The minimum atomic E-state index is -0.780. The molecule has 2 atom stereocenters. The van der Waals surface area contributed by atoms with Gasteiger partial charge in [0.2, 0.25) is 0 Å². The van der Waals surface area contributed by atoms with Crippen molar-refractivity contribution in [1.82, 2.24) is 0 Å². The van der Waals surface area contributed by atoms with E-state index in [1.54, 1.807) is 0 Å².